The van der Waals surface area contributed by atoms with Crippen LogP contribution in [0.5, 0.6) is 0 Å². The zero-order valence-electron chi connectivity index (χ0n) is 8.46. The summed E-state index contributed by atoms with van der Waals surface area (Å²) in [6, 6.07) is 0.700. The molecule has 0 aromatic heterocycles. The van der Waals surface area contributed by atoms with E-state index in [1.165, 1.54) is 50.0 Å². The lowest BCUT2D eigenvalue weighted by atomic mass is 9.95. The lowest BCUT2D eigenvalue weighted by molar-refractivity contribution is 0.461. The van der Waals surface area contributed by atoms with Crippen molar-refractivity contribution in [2.75, 3.05) is 0 Å². The van der Waals surface area contributed by atoms with Gasteiger partial charge in [-0.3, -0.25) is 4.99 Å². The van der Waals surface area contributed by atoms with E-state index < -0.39 is 0 Å². The average Bonchev–Trinajstić information content (AvgIpc) is 2.57. The molecule has 0 saturated heterocycles. The highest BCUT2D eigenvalue weighted by Gasteiger charge is 2.31. The maximum absolute atomic E-state index is 4.83. The molecular formula is C11H19NS. The first kappa shape index (κ1) is 9.57. The second-order valence-electron chi connectivity index (χ2n) is 4.13. The summed E-state index contributed by atoms with van der Waals surface area (Å²) in [5, 5.41) is 2.32. The van der Waals surface area contributed by atoms with Gasteiger partial charge in [0.15, 0.2) is 0 Å². The highest BCUT2D eigenvalue weighted by molar-refractivity contribution is 8.14. The van der Waals surface area contributed by atoms with Crippen molar-refractivity contribution in [3.05, 3.63) is 0 Å². The predicted molar refractivity (Wildman–Crippen MR) is 60.6 cm³/mol. The molecule has 2 rings (SSSR count). The zero-order valence-corrected chi connectivity index (χ0v) is 9.28. The third-order valence-electron chi connectivity index (χ3n) is 3.01. The largest absolute Gasteiger partial charge is 0.278 e. The molecule has 2 heteroatoms. The maximum atomic E-state index is 4.83. The molecule has 1 saturated carbocycles. The lowest BCUT2D eigenvalue weighted by Crippen LogP contribution is -2.21. The molecule has 0 aromatic carbocycles. The Kier molecular flexibility index (Phi) is 3.31. The molecule has 0 bridgehead atoms. The third kappa shape index (κ3) is 2.28. The molecule has 0 N–H and O–H groups in total. The minimum Gasteiger partial charge on any atom is -0.278 e. The summed E-state index contributed by atoms with van der Waals surface area (Å²) < 4.78 is 0. The van der Waals surface area contributed by atoms with Gasteiger partial charge in [-0.1, -0.05) is 26.2 Å². The maximum Gasteiger partial charge on any atom is 0.0683 e. The normalized spacial score (nSPS) is 32.8. The van der Waals surface area contributed by atoms with Gasteiger partial charge in [0, 0.05) is 5.25 Å². The number of rotatable bonds is 3. The lowest BCUT2D eigenvalue weighted by Gasteiger charge is -2.21. The van der Waals surface area contributed by atoms with Gasteiger partial charge in [0.1, 0.15) is 0 Å². The summed E-state index contributed by atoms with van der Waals surface area (Å²) in [4.78, 5) is 4.83. The number of aliphatic imine (C=N–C) groups is 1. The van der Waals surface area contributed by atoms with Crippen LogP contribution in [0.2, 0.25) is 0 Å². The zero-order chi connectivity index (χ0) is 9.10. The van der Waals surface area contributed by atoms with Gasteiger partial charge in [0.2, 0.25) is 0 Å². The number of hydrogen-bond donors (Lipinski definition) is 0. The van der Waals surface area contributed by atoms with E-state index in [2.05, 4.69) is 18.7 Å². The van der Waals surface area contributed by atoms with Crippen molar-refractivity contribution in [2.24, 2.45) is 4.99 Å². The molecule has 1 nitrogen and oxygen atoms in total. The smallest absolute Gasteiger partial charge is 0.0683 e. The Morgan fingerprint density at radius 2 is 2.23 bits per heavy atom. The number of fused-ring (bicyclic) bond motifs is 1. The molecule has 13 heavy (non-hydrogen) atoms. The molecule has 0 aromatic rings. The highest BCUT2D eigenvalue weighted by Crippen LogP contribution is 2.38. The van der Waals surface area contributed by atoms with Gasteiger partial charge in [-0.2, -0.15) is 0 Å². The van der Waals surface area contributed by atoms with Crippen molar-refractivity contribution >= 4 is 16.8 Å². The number of unbranched alkanes of at least 4 members (excludes halogenated alkanes) is 1. The van der Waals surface area contributed by atoms with Gasteiger partial charge in [0.05, 0.1) is 11.1 Å². The first-order chi connectivity index (χ1) is 6.40. The van der Waals surface area contributed by atoms with Crippen LogP contribution in [0.25, 0.3) is 0 Å². The molecule has 0 amide bonds. The van der Waals surface area contributed by atoms with E-state index in [0.29, 0.717) is 6.04 Å². The first-order valence-electron chi connectivity index (χ1n) is 5.63. The van der Waals surface area contributed by atoms with Crippen molar-refractivity contribution < 1.29 is 0 Å². The van der Waals surface area contributed by atoms with E-state index in [1.807, 2.05) is 0 Å². The fourth-order valence-corrected chi connectivity index (χ4v) is 3.65. The molecule has 74 valence electrons. The van der Waals surface area contributed by atoms with Crippen LogP contribution in [0.1, 0.15) is 51.9 Å². The van der Waals surface area contributed by atoms with Gasteiger partial charge in [-0.05, 0) is 25.7 Å². The van der Waals surface area contributed by atoms with Crippen LogP contribution < -0.4 is 0 Å². The fraction of sp³-hybridized carbons (Fsp3) is 0.909. The van der Waals surface area contributed by atoms with Crippen molar-refractivity contribution in [3.63, 3.8) is 0 Å². The van der Waals surface area contributed by atoms with Crippen molar-refractivity contribution in [2.45, 2.75) is 63.2 Å². The van der Waals surface area contributed by atoms with Gasteiger partial charge in [0.25, 0.3) is 0 Å². The molecular weight excluding hydrogens is 178 g/mol. The molecule has 1 fully saturated rings. The van der Waals surface area contributed by atoms with E-state index in [9.17, 15) is 0 Å². The molecule has 1 heterocycles. The van der Waals surface area contributed by atoms with Crippen LogP contribution in [0, 0.1) is 0 Å². The van der Waals surface area contributed by atoms with Gasteiger partial charge in [-0.15, -0.1) is 11.8 Å². The van der Waals surface area contributed by atoms with Crippen molar-refractivity contribution in [1.82, 2.24) is 0 Å². The van der Waals surface area contributed by atoms with Crippen LogP contribution in [-0.4, -0.2) is 16.3 Å². The van der Waals surface area contributed by atoms with Crippen molar-refractivity contribution in [3.8, 4) is 0 Å². The second kappa shape index (κ2) is 4.50. The molecule has 2 aliphatic rings. The Labute approximate surface area is 85.4 Å². The van der Waals surface area contributed by atoms with E-state index >= 15 is 0 Å². The standard InChI is InChI=1S/C11H19NS/c1-2-3-8-11-12-9-6-4-5-7-10(9)13-11/h9-10H,2-8H2,1H3. The van der Waals surface area contributed by atoms with E-state index in [-0.39, 0.29) is 0 Å². The summed E-state index contributed by atoms with van der Waals surface area (Å²) >= 11 is 2.08. The Morgan fingerprint density at radius 1 is 1.38 bits per heavy atom. The fourth-order valence-electron chi connectivity index (χ4n) is 2.20. The SMILES string of the molecule is CCCCC1=NC2CCCCC2S1. The summed E-state index contributed by atoms with van der Waals surface area (Å²) in [6.07, 6.45) is 9.48. The second-order valence-corrected chi connectivity index (χ2v) is 5.45. The first-order valence-corrected chi connectivity index (χ1v) is 6.51. The quantitative estimate of drug-likeness (QED) is 0.673. The Morgan fingerprint density at radius 3 is 3.00 bits per heavy atom. The molecule has 1 aliphatic carbocycles. The van der Waals surface area contributed by atoms with Crippen LogP contribution >= 0.6 is 11.8 Å². The number of thioether (sulfide) groups is 1. The van der Waals surface area contributed by atoms with Crippen molar-refractivity contribution in [1.29, 1.82) is 0 Å². The van der Waals surface area contributed by atoms with Crippen LogP contribution in [-0.2, 0) is 0 Å². The predicted octanol–water partition coefficient (Wildman–Crippen LogP) is 3.63. The van der Waals surface area contributed by atoms with E-state index in [4.69, 9.17) is 4.99 Å². The number of hydrogen-bond acceptors (Lipinski definition) is 2. The molecule has 2 atom stereocenters. The summed E-state index contributed by atoms with van der Waals surface area (Å²) in [5.74, 6) is 0. The minimum absolute atomic E-state index is 0.700. The Hall–Kier alpha value is 0.0200. The topological polar surface area (TPSA) is 12.4 Å². The molecule has 0 spiro atoms. The van der Waals surface area contributed by atoms with Crippen LogP contribution in [0.3, 0.4) is 0 Å². The minimum atomic E-state index is 0.700. The van der Waals surface area contributed by atoms with Crippen LogP contribution in [0.15, 0.2) is 4.99 Å². The summed E-state index contributed by atoms with van der Waals surface area (Å²) in [5.41, 5.74) is 0. The summed E-state index contributed by atoms with van der Waals surface area (Å²) in [7, 11) is 0. The highest BCUT2D eigenvalue weighted by atomic mass is 32.2. The van der Waals surface area contributed by atoms with Gasteiger partial charge in [-0.25, -0.2) is 0 Å². The van der Waals surface area contributed by atoms with E-state index in [1.54, 1.807) is 0 Å². The Balaban J connectivity index is 1.86. The summed E-state index contributed by atoms with van der Waals surface area (Å²) in [6.45, 7) is 2.26. The molecule has 2 unspecified atom stereocenters. The third-order valence-corrected chi connectivity index (χ3v) is 4.44. The van der Waals surface area contributed by atoms with Gasteiger partial charge < -0.3 is 0 Å². The van der Waals surface area contributed by atoms with E-state index in [0.717, 1.165) is 5.25 Å². The monoisotopic (exact) mass is 197 g/mol. The number of nitrogens with zero attached hydrogens (tertiary/aromatic N) is 1. The van der Waals surface area contributed by atoms with Crippen LogP contribution in [0.4, 0.5) is 0 Å². The molecule has 1 aliphatic heterocycles. The Bertz CT molecular complexity index is 200. The average molecular weight is 197 g/mol. The van der Waals surface area contributed by atoms with Gasteiger partial charge >= 0.3 is 0 Å². The molecule has 0 radical (unpaired) electrons.